The van der Waals surface area contributed by atoms with E-state index in [0.29, 0.717) is 16.8 Å². The van der Waals surface area contributed by atoms with Gasteiger partial charge in [-0.05, 0) is 12.5 Å². The van der Waals surface area contributed by atoms with Crippen LogP contribution in [0.5, 0.6) is 5.75 Å². The van der Waals surface area contributed by atoms with Gasteiger partial charge in [0.1, 0.15) is 5.75 Å². The minimum Gasteiger partial charge on any atom is -0.505 e. The molecule has 0 unspecified atom stereocenters. The van der Waals surface area contributed by atoms with E-state index in [4.69, 9.17) is 0 Å². The molecule has 1 aromatic carbocycles. The fourth-order valence-electron chi connectivity index (χ4n) is 1.92. The normalized spacial score (nSPS) is 11.2. The predicted octanol–water partition coefficient (Wildman–Crippen LogP) is 1.46. The quantitative estimate of drug-likeness (QED) is 0.525. The predicted molar refractivity (Wildman–Crippen MR) is 93.6 cm³/mol. The van der Waals surface area contributed by atoms with Crippen LogP contribution in [0.3, 0.4) is 0 Å². The third-order valence-corrected chi connectivity index (χ3v) is 4.21. The summed E-state index contributed by atoms with van der Waals surface area (Å²) in [5.74, 6) is -0.359. The van der Waals surface area contributed by atoms with Crippen LogP contribution in [0.1, 0.15) is 22.4 Å². The van der Waals surface area contributed by atoms with Crippen molar-refractivity contribution in [1.29, 1.82) is 0 Å². The highest BCUT2D eigenvalue weighted by Gasteiger charge is 2.12. The zero-order valence-electron chi connectivity index (χ0n) is 12.9. The Balaban J connectivity index is 0.00000288. The molecule has 0 saturated heterocycles. The first kappa shape index (κ1) is 19.9. The lowest BCUT2D eigenvalue weighted by Crippen LogP contribution is -2.20. The molecule has 0 saturated carbocycles. The van der Waals surface area contributed by atoms with E-state index in [9.17, 15) is 18.6 Å². The van der Waals surface area contributed by atoms with Gasteiger partial charge >= 0.3 is 0 Å². The van der Waals surface area contributed by atoms with Crippen LogP contribution in [-0.2, 0) is 22.4 Å². The van der Waals surface area contributed by atoms with Crippen LogP contribution in [0.25, 0.3) is 0 Å². The Hall–Kier alpha value is -2.16. The number of nitrogens with zero attached hydrogens (tertiary/aromatic N) is 2. The molecule has 0 aliphatic carbocycles. The van der Waals surface area contributed by atoms with Crippen LogP contribution in [0, 0.1) is 6.92 Å². The Morgan fingerprint density at radius 3 is 2.58 bits per heavy atom. The number of aliphatic hydroxyl groups is 1. The number of nitrogens with one attached hydrogen (secondary N) is 1. The molecule has 0 atom stereocenters. The largest absolute Gasteiger partial charge is 0.505 e. The second-order valence-corrected chi connectivity index (χ2v) is 6.58. The molecule has 3 N–H and O–H groups in total. The standard InChI is InChI=1S/C15H17N3O4S.ClH/c1-11-15(20)14(13(9-19)7-16-11)8-17-18-23(21,22)10-12-5-3-2-4-6-12;/h2-8,18-20H,9-10H2,1H3;1H. The first-order valence-corrected chi connectivity index (χ1v) is 8.43. The number of pyridine rings is 1. The molecule has 1 aromatic heterocycles. The number of aryl methyl sites for hydroxylation is 1. The molecule has 0 amide bonds. The summed E-state index contributed by atoms with van der Waals surface area (Å²) in [4.78, 5) is 5.99. The van der Waals surface area contributed by atoms with Crippen molar-refractivity contribution >= 4 is 28.6 Å². The molecular weight excluding hydrogens is 354 g/mol. The van der Waals surface area contributed by atoms with Gasteiger partial charge in [-0.15, -0.1) is 12.4 Å². The summed E-state index contributed by atoms with van der Waals surface area (Å²) >= 11 is 0. The Kier molecular flexibility index (Phi) is 7.15. The molecule has 0 aliphatic rings. The van der Waals surface area contributed by atoms with Crippen molar-refractivity contribution < 1.29 is 18.6 Å². The molecule has 1 heterocycles. The van der Waals surface area contributed by atoms with E-state index in [0.717, 1.165) is 6.21 Å². The smallest absolute Gasteiger partial charge is 0.251 e. The first-order valence-electron chi connectivity index (χ1n) is 6.77. The Morgan fingerprint density at radius 1 is 1.29 bits per heavy atom. The van der Waals surface area contributed by atoms with Gasteiger partial charge in [0.2, 0.25) is 0 Å². The van der Waals surface area contributed by atoms with Gasteiger partial charge in [-0.25, -0.2) is 13.2 Å². The third kappa shape index (κ3) is 5.19. The summed E-state index contributed by atoms with van der Waals surface area (Å²) in [6.45, 7) is 1.24. The summed E-state index contributed by atoms with van der Waals surface area (Å²) in [5, 5.41) is 22.8. The molecule has 0 radical (unpaired) electrons. The lowest BCUT2D eigenvalue weighted by Gasteiger charge is -2.07. The third-order valence-electron chi connectivity index (χ3n) is 3.11. The lowest BCUT2D eigenvalue weighted by atomic mass is 10.1. The highest BCUT2D eigenvalue weighted by atomic mass is 35.5. The van der Waals surface area contributed by atoms with Gasteiger partial charge in [0, 0.05) is 17.3 Å². The molecule has 0 spiro atoms. The molecule has 0 fully saturated rings. The number of aromatic nitrogens is 1. The van der Waals surface area contributed by atoms with Crippen molar-refractivity contribution in [3.63, 3.8) is 0 Å². The van der Waals surface area contributed by atoms with Gasteiger partial charge in [0.15, 0.2) is 0 Å². The first-order chi connectivity index (χ1) is 10.9. The molecule has 24 heavy (non-hydrogen) atoms. The number of sulfonamides is 1. The molecule has 0 aliphatic heterocycles. The van der Waals surface area contributed by atoms with Gasteiger partial charge in [0.25, 0.3) is 10.0 Å². The highest BCUT2D eigenvalue weighted by Crippen LogP contribution is 2.21. The van der Waals surface area contributed by atoms with E-state index in [-0.39, 0.29) is 36.1 Å². The van der Waals surface area contributed by atoms with Crippen LogP contribution in [-0.4, -0.2) is 29.8 Å². The van der Waals surface area contributed by atoms with E-state index in [1.165, 1.54) is 6.20 Å². The second kappa shape index (κ2) is 8.62. The van der Waals surface area contributed by atoms with Crippen LogP contribution in [0.4, 0.5) is 0 Å². The average molecular weight is 372 g/mol. The zero-order valence-corrected chi connectivity index (χ0v) is 14.5. The van der Waals surface area contributed by atoms with Gasteiger partial charge < -0.3 is 10.2 Å². The summed E-state index contributed by atoms with van der Waals surface area (Å²) in [7, 11) is -3.65. The van der Waals surface area contributed by atoms with Crippen molar-refractivity contribution in [2.45, 2.75) is 19.3 Å². The summed E-state index contributed by atoms with van der Waals surface area (Å²) in [6.07, 6.45) is 2.55. The van der Waals surface area contributed by atoms with Crippen LogP contribution >= 0.6 is 12.4 Å². The van der Waals surface area contributed by atoms with Crippen molar-refractivity contribution in [2.75, 3.05) is 0 Å². The monoisotopic (exact) mass is 371 g/mol. The number of hydrogen-bond acceptors (Lipinski definition) is 6. The summed E-state index contributed by atoms with van der Waals surface area (Å²) in [5.41, 5.74) is 1.56. The number of rotatable bonds is 6. The average Bonchev–Trinajstić information content (AvgIpc) is 2.52. The molecule has 0 bridgehead atoms. The van der Waals surface area contributed by atoms with E-state index in [2.05, 4.69) is 14.9 Å². The summed E-state index contributed by atoms with van der Waals surface area (Å²) in [6, 6.07) is 8.70. The van der Waals surface area contributed by atoms with E-state index >= 15 is 0 Å². The maximum absolute atomic E-state index is 11.9. The van der Waals surface area contributed by atoms with Crippen molar-refractivity contribution in [2.24, 2.45) is 5.10 Å². The number of hydrogen-bond donors (Lipinski definition) is 3. The molecule has 2 aromatic rings. The SMILES string of the molecule is Cc1ncc(CO)c(C=NNS(=O)(=O)Cc2ccccc2)c1O.Cl. The molecule has 9 heteroatoms. The van der Waals surface area contributed by atoms with E-state index in [1.54, 1.807) is 37.3 Å². The zero-order chi connectivity index (χ0) is 16.9. The van der Waals surface area contributed by atoms with Crippen LogP contribution in [0.15, 0.2) is 41.6 Å². The van der Waals surface area contributed by atoms with Gasteiger partial charge in [-0.3, -0.25) is 4.98 Å². The Morgan fingerprint density at radius 2 is 1.96 bits per heavy atom. The fourth-order valence-corrected chi connectivity index (χ4v) is 2.83. The Labute approximate surface area is 146 Å². The van der Waals surface area contributed by atoms with Crippen LogP contribution < -0.4 is 4.83 Å². The Bertz CT molecular complexity index is 811. The van der Waals surface area contributed by atoms with Gasteiger partial charge in [-0.2, -0.15) is 5.10 Å². The van der Waals surface area contributed by atoms with Crippen molar-refractivity contribution in [3.05, 3.63) is 58.9 Å². The maximum atomic E-state index is 11.9. The molecule has 7 nitrogen and oxygen atoms in total. The van der Waals surface area contributed by atoms with Crippen molar-refractivity contribution in [3.8, 4) is 5.75 Å². The number of aliphatic hydroxyl groups excluding tert-OH is 1. The van der Waals surface area contributed by atoms with E-state index in [1.807, 2.05) is 0 Å². The molecule has 130 valence electrons. The second-order valence-electron chi connectivity index (χ2n) is 4.88. The number of benzene rings is 1. The minimum atomic E-state index is -3.65. The van der Waals surface area contributed by atoms with Gasteiger partial charge in [-0.1, -0.05) is 30.3 Å². The lowest BCUT2D eigenvalue weighted by molar-refractivity contribution is 0.280. The van der Waals surface area contributed by atoms with E-state index < -0.39 is 10.0 Å². The number of hydrazone groups is 1. The fraction of sp³-hybridized carbons (Fsp3) is 0.200. The molecular formula is C15H18ClN3O4S. The highest BCUT2D eigenvalue weighted by molar-refractivity contribution is 7.88. The maximum Gasteiger partial charge on any atom is 0.251 e. The topological polar surface area (TPSA) is 112 Å². The number of aromatic hydroxyl groups is 1. The minimum absolute atomic E-state index is 0. The van der Waals surface area contributed by atoms with Crippen LogP contribution in [0.2, 0.25) is 0 Å². The van der Waals surface area contributed by atoms with Gasteiger partial charge in [0.05, 0.1) is 24.3 Å². The molecule has 2 rings (SSSR count). The van der Waals surface area contributed by atoms with Crippen molar-refractivity contribution in [1.82, 2.24) is 9.82 Å². The summed E-state index contributed by atoms with van der Waals surface area (Å²) < 4.78 is 23.9. The number of halogens is 1.